The summed E-state index contributed by atoms with van der Waals surface area (Å²) >= 11 is 0. The highest BCUT2D eigenvalue weighted by atomic mass is 16.5. The molecule has 1 aliphatic carbocycles. The second-order valence-corrected chi connectivity index (χ2v) is 3.90. The molecule has 0 saturated heterocycles. The standard InChI is InChI=1S/C12H17NO/c1-8(2)12(13)14-11-6-5-9(3)7-10(11)4/h5-6,9,13H,1,7H2,2-4H3. The van der Waals surface area contributed by atoms with Crippen molar-refractivity contribution in [1.29, 1.82) is 5.41 Å². The number of allylic oxidation sites excluding steroid dienone is 3. The van der Waals surface area contributed by atoms with Gasteiger partial charge >= 0.3 is 0 Å². The molecule has 0 aromatic carbocycles. The van der Waals surface area contributed by atoms with E-state index in [0.29, 0.717) is 11.5 Å². The second kappa shape index (κ2) is 4.27. The predicted molar refractivity (Wildman–Crippen MR) is 59.2 cm³/mol. The molecule has 0 aliphatic heterocycles. The molecule has 76 valence electrons. The third kappa shape index (κ3) is 2.59. The van der Waals surface area contributed by atoms with E-state index in [1.807, 2.05) is 13.0 Å². The molecule has 0 radical (unpaired) electrons. The van der Waals surface area contributed by atoms with Crippen molar-refractivity contribution in [2.45, 2.75) is 27.2 Å². The summed E-state index contributed by atoms with van der Waals surface area (Å²) in [6.07, 6.45) is 5.06. The molecule has 1 N–H and O–H groups in total. The van der Waals surface area contributed by atoms with Gasteiger partial charge in [-0.05, 0) is 37.8 Å². The van der Waals surface area contributed by atoms with Crippen LogP contribution in [-0.4, -0.2) is 5.90 Å². The summed E-state index contributed by atoms with van der Waals surface area (Å²) in [4.78, 5) is 0. The predicted octanol–water partition coefficient (Wildman–Crippen LogP) is 3.43. The van der Waals surface area contributed by atoms with Gasteiger partial charge in [-0.25, -0.2) is 0 Å². The minimum atomic E-state index is 0.151. The van der Waals surface area contributed by atoms with Crippen LogP contribution >= 0.6 is 0 Å². The zero-order valence-corrected chi connectivity index (χ0v) is 9.05. The molecule has 1 atom stereocenters. The maximum atomic E-state index is 7.53. The first-order valence-corrected chi connectivity index (χ1v) is 4.81. The highest BCUT2D eigenvalue weighted by Gasteiger charge is 2.12. The number of nitrogens with one attached hydrogen (secondary N) is 1. The summed E-state index contributed by atoms with van der Waals surface area (Å²) in [5.74, 6) is 1.52. The molecule has 0 fully saturated rings. The van der Waals surface area contributed by atoms with Crippen molar-refractivity contribution in [2.75, 3.05) is 0 Å². The van der Waals surface area contributed by atoms with E-state index in [0.717, 1.165) is 12.2 Å². The van der Waals surface area contributed by atoms with E-state index in [1.165, 1.54) is 5.57 Å². The van der Waals surface area contributed by atoms with Gasteiger partial charge in [0.15, 0.2) is 0 Å². The molecular weight excluding hydrogens is 174 g/mol. The van der Waals surface area contributed by atoms with Crippen molar-refractivity contribution in [2.24, 2.45) is 5.92 Å². The van der Waals surface area contributed by atoms with Crippen molar-refractivity contribution in [3.63, 3.8) is 0 Å². The summed E-state index contributed by atoms with van der Waals surface area (Å²) in [6.45, 7) is 9.65. The monoisotopic (exact) mass is 191 g/mol. The maximum absolute atomic E-state index is 7.53. The van der Waals surface area contributed by atoms with Crippen LogP contribution in [0.25, 0.3) is 0 Å². The molecule has 0 bridgehead atoms. The SMILES string of the molecule is C=C(C)C(=N)OC1=C(C)CC(C)C=C1. The van der Waals surface area contributed by atoms with E-state index in [9.17, 15) is 0 Å². The lowest BCUT2D eigenvalue weighted by atomic mass is 9.96. The molecule has 14 heavy (non-hydrogen) atoms. The van der Waals surface area contributed by atoms with Crippen molar-refractivity contribution in [1.82, 2.24) is 0 Å². The van der Waals surface area contributed by atoms with E-state index >= 15 is 0 Å². The molecule has 1 unspecified atom stereocenters. The van der Waals surface area contributed by atoms with Gasteiger partial charge in [0.1, 0.15) is 5.76 Å². The Bertz CT molecular complexity index is 323. The number of hydrogen-bond donors (Lipinski definition) is 1. The van der Waals surface area contributed by atoms with Crippen LogP contribution in [0.15, 0.2) is 35.6 Å². The van der Waals surface area contributed by atoms with Crippen LogP contribution in [0.3, 0.4) is 0 Å². The van der Waals surface area contributed by atoms with Crippen molar-refractivity contribution >= 4 is 5.90 Å². The average Bonchev–Trinajstić information content (AvgIpc) is 2.09. The van der Waals surface area contributed by atoms with Gasteiger partial charge in [-0.15, -0.1) is 0 Å². The molecule has 1 rings (SSSR count). The Morgan fingerprint density at radius 1 is 1.64 bits per heavy atom. The fraction of sp³-hybridized carbons (Fsp3) is 0.417. The van der Waals surface area contributed by atoms with Crippen LogP contribution in [-0.2, 0) is 4.74 Å². The van der Waals surface area contributed by atoms with Gasteiger partial charge in [-0.2, -0.15) is 0 Å². The molecule has 0 aromatic heterocycles. The Kier molecular flexibility index (Phi) is 3.28. The van der Waals surface area contributed by atoms with Gasteiger partial charge < -0.3 is 4.74 Å². The molecule has 0 amide bonds. The topological polar surface area (TPSA) is 33.1 Å². The quantitative estimate of drug-likeness (QED) is 0.526. The van der Waals surface area contributed by atoms with Crippen LogP contribution in [0.2, 0.25) is 0 Å². The fourth-order valence-electron chi connectivity index (χ4n) is 1.36. The largest absolute Gasteiger partial charge is 0.439 e. The van der Waals surface area contributed by atoms with Crippen molar-refractivity contribution in [3.05, 3.63) is 35.6 Å². The molecule has 1 aliphatic rings. The van der Waals surface area contributed by atoms with Crippen LogP contribution in [0.5, 0.6) is 0 Å². The number of rotatable bonds is 2. The summed E-state index contributed by atoms with van der Waals surface area (Å²) in [5, 5.41) is 7.53. The lowest BCUT2D eigenvalue weighted by Crippen LogP contribution is -2.08. The lowest BCUT2D eigenvalue weighted by molar-refractivity contribution is 0.413. The zero-order chi connectivity index (χ0) is 10.7. The third-order valence-corrected chi connectivity index (χ3v) is 2.22. The number of hydrogen-bond acceptors (Lipinski definition) is 2. The minimum absolute atomic E-state index is 0.151. The fourth-order valence-corrected chi connectivity index (χ4v) is 1.36. The summed E-state index contributed by atoms with van der Waals surface area (Å²) < 4.78 is 5.39. The zero-order valence-electron chi connectivity index (χ0n) is 9.05. The molecule has 0 heterocycles. The molecule has 2 nitrogen and oxygen atoms in total. The molecular formula is C12H17NO. The summed E-state index contributed by atoms with van der Waals surface area (Å²) in [5.41, 5.74) is 1.85. The highest BCUT2D eigenvalue weighted by molar-refractivity contribution is 5.90. The Balaban J connectivity index is 2.71. The van der Waals surface area contributed by atoms with Crippen LogP contribution in [0.4, 0.5) is 0 Å². The molecule has 0 saturated carbocycles. The van der Waals surface area contributed by atoms with Crippen molar-refractivity contribution in [3.8, 4) is 0 Å². The lowest BCUT2D eigenvalue weighted by Gasteiger charge is -2.17. The smallest absolute Gasteiger partial charge is 0.214 e. The van der Waals surface area contributed by atoms with Gasteiger partial charge in [0, 0.05) is 5.57 Å². The van der Waals surface area contributed by atoms with Crippen LogP contribution < -0.4 is 0 Å². The number of ether oxygens (including phenoxy) is 1. The van der Waals surface area contributed by atoms with Gasteiger partial charge in [0.05, 0.1) is 0 Å². The third-order valence-electron chi connectivity index (χ3n) is 2.22. The minimum Gasteiger partial charge on any atom is -0.439 e. The first-order valence-electron chi connectivity index (χ1n) is 4.81. The second-order valence-electron chi connectivity index (χ2n) is 3.90. The van der Waals surface area contributed by atoms with E-state index in [-0.39, 0.29) is 5.90 Å². The Morgan fingerprint density at radius 2 is 2.29 bits per heavy atom. The summed E-state index contributed by atoms with van der Waals surface area (Å²) in [6, 6.07) is 0. The van der Waals surface area contributed by atoms with Gasteiger partial charge in [0.25, 0.3) is 0 Å². The van der Waals surface area contributed by atoms with Gasteiger partial charge in [-0.1, -0.05) is 19.6 Å². The highest BCUT2D eigenvalue weighted by Crippen LogP contribution is 2.24. The first kappa shape index (κ1) is 10.8. The average molecular weight is 191 g/mol. The Labute approximate surface area is 85.5 Å². The van der Waals surface area contributed by atoms with E-state index in [1.54, 1.807) is 6.92 Å². The first-order chi connectivity index (χ1) is 6.50. The van der Waals surface area contributed by atoms with Crippen LogP contribution in [0, 0.1) is 11.3 Å². The van der Waals surface area contributed by atoms with E-state index < -0.39 is 0 Å². The summed E-state index contributed by atoms with van der Waals surface area (Å²) in [7, 11) is 0. The van der Waals surface area contributed by atoms with Crippen LogP contribution in [0.1, 0.15) is 27.2 Å². The normalized spacial score (nSPS) is 20.9. The Morgan fingerprint density at radius 3 is 2.79 bits per heavy atom. The van der Waals surface area contributed by atoms with Gasteiger partial charge in [0.2, 0.25) is 5.90 Å². The molecule has 0 spiro atoms. The molecule has 0 aromatic rings. The van der Waals surface area contributed by atoms with E-state index in [4.69, 9.17) is 10.1 Å². The maximum Gasteiger partial charge on any atom is 0.214 e. The van der Waals surface area contributed by atoms with Gasteiger partial charge in [-0.3, -0.25) is 5.41 Å². The Hall–Kier alpha value is -1.31. The van der Waals surface area contributed by atoms with E-state index in [2.05, 4.69) is 19.6 Å². The molecule has 2 heteroatoms. The van der Waals surface area contributed by atoms with Crippen molar-refractivity contribution < 1.29 is 4.74 Å².